The van der Waals surface area contributed by atoms with E-state index in [-0.39, 0.29) is 18.0 Å². The van der Waals surface area contributed by atoms with Crippen LogP contribution in [-0.2, 0) is 0 Å². The van der Waals surface area contributed by atoms with E-state index >= 15 is 0 Å². The fourth-order valence-corrected chi connectivity index (χ4v) is 2.07. The number of hydrogen-bond donors (Lipinski definition) is 2. The third-order valence-electron chi connectivity index (χ3n) is 3.22. The average molecular weight is 269 g/mol. The maximum absolute atomic E-state index is 12.9. The van der Waals surface area contributed by atoms with Gasteiger partial charge in [0.15, 0.2) is 0 Å². The van der Waals surface area contributed by atoms with Gasteiger partial charge in [-0.1, -0.05) is 6.92 Å². The van der Waals surface area contributed by atoms with Crippen LogP contribution < -0.4 is 10.1 Å². The van der Waals surface area contributed by atoms with Crippen molar-refractivity contribution in [3.8, 4) is 5.75 Å². The molecule has 3 nitrogen and oxygen atoms in total. The Morgan fingerprint density at radius 2 is 2.16 bits per heavy atom. The zero-order valence-corrected chi connectivity index (χ0v) is 12.0. The Labute approximate surface area is 114 Å². The van der Waals surface area contributed by atoms with Gasteiger partial charge in [-0.25, -0.2) is 4.39 Å². The van der Waals surface area contributed by atoms with Crippen molar-refractivity contribution < 1.29 is 14.2 Å². The number of benzene rings is 1. The van der Waals surface area contributed by atoms with E-state index in [4.69, 9.17) is 4.74 Å². The molecule has 1 aromatic carbocycles. The molecule has 0 bridgehead atoms. The number of aliphatic hydroxyl groups is 1. The second-order valence-corrected chi connectivity index (χ2v) is 5.11. The molecule has 0 fully saturated rings. The zero-order valence-electron chi connectivity index (χ0n) is 12.0. The lowest BCUT2D eigenvalue weighted by atomic mass is 9.97. The molecule has 19 heavy (non-hydrogen) atoms. The van der Waals surface area contributed by atoms with Crippen LogP contribution in [0.2, 0.25) is 0 Å². The summed E-state index contributed by atoms with van der Waals surface area (Å²) < 4.78 is 18.6. The van der Waals surface area contributed by atoms with Gasteiger partial charge in [-0.05, 0) is 57.0 Å². The lowest BCUT2D eigenvalue weighted by molar-refractivity contribution is 0.158. The van der Waals surface area contributed by atoms with E-state index in [2.05, 4.69) is 5.32 Å². The molecular weight excluding hydrogens is 245 g/mol. The summed E-state index contributed by atoms with van der Waals surface area (Å²) in [4.78, 5) is 0. The van der Waals surface area contributed by atoms with Gasteiger partial charge in [0, 0.05) is 5.54 Å². The number of likely N-dealkylation sites (N-methyl/N-ethyl adjacent to an activating group) is 1. The van der Waals surface area contributed by atoms with Crippen molar-refractivity contribution in [1.29, 1.82) is 0 Å². The van der Waals surface area contributed by atoms with E-state index < -0.39 is 0 Å². The fourth-order valence-electron chi connectivity index (χ4n) is 2.07. The molecule has 0 radical (unpaired) electrons. The van der Waals surface area contributed by atoms with Gasteiger partial charge in [0.2, 0.25) is 0 Å². The Bertz CT molecular complexity index is 398. The minimum atomic E-state index is -0.254. The molecule has 2 N–H and O–H groups in total. The topological polar surface area (TPSA) is 41.5 Å². The summed E-state index contributed by atoms with van der Waals surface area (Å²) in [5.41, 5.74) is 0.548. The lowest BCUT2D eigenvalue weighted by Crippen LogP contribution is -2.45. The number of ether oxygens (including phenoxy) is 1. The van der Waals surface area contributed by atoms with Crippen LogP contribution >= 0.6 is 0 Å². The van der Waals surface area contributed by atoms with E-state index in [0.717, 1.165) is 30.7 Å². The predicted octanol–water partition coefficient (Wildman–Crippen LogP) is 2.65. The highest BCUT2D eigenvalue weighted by Crippen LogP contribution is 2.19. The molecule has 0 aliphatic heterocycles. The molecule has 1 atom stereocenters. The molecule has 1 rings (SSSR count). The number of halogens is 1. The van der Waals surface area contributed by atoms with Gasteiger partial charge < -0.3 is 15.2 Å². The van der Waals surface area contributed by atoms with E-state index in [0.29, 0.717) is 6.61 Å². The summed E-state index contributed by atoms with van der Waals surface area (Å²) in [5, 5.41) is 12.6. The summed E-state index contributed by atoms with van der Waals surface area (Å²) in [7, 11) is 0. The van der Waals surface area contributed by atoms with Gasteiger partial charge in [0.1, 0.15) is 11.6 Å². The van der Waals surface area contributed by atoms with Crippen LogP contribution in [0.1, 0.15) is 32.3 Å². The van der Waals surface area contributed by atoms with Crippen molar-refractivity contribution >= 4 is 0 Å². The SMILES string of the molecule is CCNC(C)(CO)CCCOc1ccc(F)cc1C. The summed E-state index contributed by atoms with van der Waals surface area (Å²) in [5.74, 6) is 0.473. The molecule has 0 aliphatic rings. The highest BCUT2D eigenvalue weighted by Gasteiger charge is 2.20. The molecule has 4 heteroatoms. The number of nitrogens with one attached hydrogen (secondary N) is 1. The zero-order chi connectivity index (χ0) is 14.3. The predicted molar refractivity (Wildman–Crippen MR) is 75.0 cm³/mol. The van der Waals surface area contributed by atoms with Crippen molar-refractivity contribution in [3.05, 3.63) is 29.6 Å². The largest absolute Gasteiger partial charge is 0.493 e. The Hall–Kier alpha value is -1.13. The Kier molecular flexibility index (Phi) is 6.25. The normalized spacial score (nSPS) is 14.2. The van der Waals surface area contributed by atoms with E-state index in [9.17, 15) is 9.50 Å². The van der Waals surface area contributed by atoms with Gasteiger partial charge in [-0.15, -0.1) is 0 Å². The Balaban J connectivity index is 2.38. The lowest BCUT2D eigenvalue weighted by Gasteiger charge is -2.28. The van der Waals surface area contributed by atoms with E-state index in [1.807, 2.05) is 20.8 Å². The van der Waals surface area contributed by atoms with Gasteiger partial charge >= 0.3 is 0 Å². The molecule has 0 aliphatic carbocycles. The fraction of sp³-hybridized carbons (Fsp3) is 0.600. The minimum Gasteiger partial charge on any atom is -0.493 e. The van der Waals surface area contributed by atoms with Crippen molar-refractivity contribution in [1.82, 2.24) is 5.32 Å². The standard InChI is InChI=1S/C15H24FNO2/c1-4-17-15(3,11-18)8-5-9-19-14-7-6-13(16)10-12(14)2/h6-7,10,17-18H,4-5,8-9,11H2,1-3H3. The first-order chi connectivity index (χ1) is 9.00. The molecule has 1 unspecified atom stereocenters. The average Bonchev–Trinajstić information content (AvgIpc) is 2.37. The molecule has 0 spiro atoms. The van der Waals surface area contributed by atoms with Crippen LogP contribution in [0.4, 0.5) is 4.39 Å². The summed E-state index contributed by atoms with van der Waals surface area (Å²) in [6.07, 6.45) is 1.67. The highest BCUT2D eigenvalue weighted by atomic mass is 19.1. The van der Waals surface area contributed by atoms with Crippen LogP contribution in [0.25, 0.3) is 0 Å². The van der Waals surface area contributed by atoms with Gasteiger partial charge in [-0.2, -0.15) is 0 Å². The third-order valence-corrected chi connectivity index (χ3v) is 3.22. The summed E-state index contributed by atoms with van der Waals surface area (Å²) in [6, 6.07) is 4.52. The molecule has 0 aromatic heterocycles. The van der Waals surface area contributed by atoms with Gasteiger partial charge in [-0.3, -0.25) is 0 Å². The molecule has 1 aromatic rings. The summed E-state index contributed by atoms with van der Waals surface area (Å²) in [6.45, 7) is 7.35. The van der Waals surface area contributed by atoms with Gasteiger partial charge in [0.25, 0.3) is 0 Å². The van der Waals surface area contributed by atoms with Crippen molar-refractivity contribution in [3.63, 3.8) is 0 Å². The van der Waals surface area contributed by atoms with Crippen LogP contribution in [0, 0.1) is 12.7 Å². The molecule has 0 amide bonds. The second-order valence-electron chi connectivity index (χ2n) is 5.11. The minimum absolute atomic E-state index is 0.108. The monoisotopic (exact) mass is 269 g/mol. The Morgan fingerprint density at radius 3 is 2.74 bits per heavy atom. The van der Waals surface area contributed by atoms with E-state index in [1.54, 1.807) is 6.07 Å². The van der Waals surface area contributed by atoms with Gasteiger partial charge in [0.05, 0.1) is 13.2 Å². The quantitative estimate of drug-likeness (QED) is 0.713. The van der Waals surface area contributed by atoms with Crippen LogP contribution in [0.15, 0.2) is 18.2 Å². The molecule has 0 saturated heterocycles. The van der Waals surface area contributed by atoms with E-state index in [1.165, 1.54) is 12.1 Å². The molecule has 0 saturated carbocycles. The van der Waals surface area contributed by atoms with Crippen molar-refractivity contribution in [2.24, 2.45) is 0 Å². The number of hydrogen-bond acceptors (Lipinski definition) is 3. The van der Waals surface area contributed by atoms with Crippen LogP contribution in [-0.4, -0.2) is 30.4 Å². The van der Waals surface area contributed by atoms with Crippen LogP contribution in [0.3, 0.4) is 0 Å². The molecule has 0 heterocycles. The Morgan fingerprint density at radius 1 is 1.42 bits per heavy atom. The maximum Gasteiger partial charge on any atom is 0.123 e. The smallest absolute Gasteiger partial charge is 0.123 e. The van der Waals surface area contributed by atoms with Crippen molar-refractivity contribution in [2.75, 3.05) is 19.8 Å². The first-order valence-corrected chi connectivity index (χ1v) is 6.75. The number of rotatable bonds is 8. The van der Waals surface area contributed by atoms with Crippen molar-refractivity contribution in [2.45, 2.75) is 39.2 Å². The maximum atomic E-state index is 12.9. The van der Waals surface area contributed by atoms with Crippen LogP contribution in [0.5, 0.6) is 5.75 Å². The molecule has 108 valence electrons. The third kappa shape index (κ3) is 5.17. The first-order valence-electron chi connectivity index (χ1n) is 6.75. The first kappa shape index (κ1) is 15.9. The molecular formula is C15H24FNO2. The summed E-state index contributed by atoms with van der Waals surface area (Å²) >= 11 is 0. The number of aliphatic hydroxyl groups excluding tert-OH is 1. The highest BCUT2D eigenvalue weighted by molar-refractivity contribution is 5.32. The second kappa shape index (κ2) is 7.46. The number of aryl methyl sites for hydroxylation is 1.